The van der Waals surface area contributed by atoms with Crippen molar-refractivity contribution in [1.29, 1.82) is 0 Å². The number of anilines is 2. The van der Waals surface area contributed by atoms with Gasteiger partial charge in [-0.25, -0.2) is 14.8 Å². The average molecular weight is 397 g/mol. The molecular formula is C21H27N5O3. The van der Waals surface area contributed by atoms with Crippen molar-refractivity contribution in [3.63, 3.8) is 0 Å². The topological polar surface area (TPSA) is 87.7 Å². The van der Waals surface area contributed by atoms with Crippen molar-refractivity contribution in [1.82, 2.24) is 14.9 Å². The summed E-state index contributed by atoms with van der Waals surface area (Å²) in [6.45, 7) is 5.95. The third-order valence-electron chi connectivity index (χ3n) is 4.87. The lowest BCUT2D eigenvalue weighted by atomic mass is 10.1. The molecule has 1 aliphatic rings. The molecule has 0 atom stereocenters. The number of likely N-dealkylation sites (tertiary alicyclic amines) is 1. The van der Waals surface area contributed by atoms with Crippen LogP contribution in [0, 0.1) is 0 Å². The molecule has 1 aliphatic heterocycles. The second-order valence-corrected chi connectivity index (χ2v) is 6.78. The summed E-state index contributed by atoms with van der Waals surface area (Å²) in [6, 6.07) is 9.71. The minimum Gasteiger partial charge on any atom is -0.450 e. The molecule has 0 aliphatic carbocycles. The lowest BCUT2D eigenvalue weighted by molar-refractivity contribution is 0.0976. The van der Waals surface area contributed by atoms with Crippen molar-refractivity contribution in [2.45, 2.75) is 32.7 Å². The Balaban J connectivity index is 1.56. The van der Waals surface area contributed by atoms with Crippen molar-refractivity contribution >= 4 is 23.5 Å². The molecule has 8 heteroatoms. The van der Waals surface area contributed by atoms with Crippen LogP contribution >= 0.6 is 0 Å². The van der Waals surface area contributed by atoms with Gasteiger partial charge in [0.25, 0.3) is 5.91 Å². The molecule has 3 rings (SSSR count). The first kappa shape index (κ1) is 20.6. The van der Waals surface area contributed by atoms with Gasteiger partial charge in [-0.2, -0.15) is 0 Å². The first-order valence-electron chi connectivity index (χ1n) is 9.99. The summed E-state index contributed by atoms with van der Waals surface area (Å²) in [6.07, 6.45) is 4.44. The summed E-state index contributed by atoms with van der Waals surface area (Å²) < 4.78 is 5.04. The molecular weight excluding hydrogens is 370 g/mol. The number of nitrogens with zero attached hydrogens (tertiary/aromatic N) is 4. The number of carbonyl (C=O) groups excluding carboxylic acids is 2. The van der Waals surface area contributed by atoms with Gasteiger partial charge in [-0.3, -0.25) is 4.79 Å². The van der Waals surface area contributed by atoms with E-state index in [1.54, 1.807) is 22.9 Å². The lowest BCUT2D eigenvalue weighted by Gasteiger charge is -2.31. The zero-order valence-corrected chi connectivity index (χ0v) is 16.9. The van der Waals surface area contributed by atoms with Gasteiger partial charge in [-0.15, -0.1) is 0 Å². The van der Waals surface area contributed by atoms with Crippen LogP contribution in [0.3, 0.4) is 0 Å². The summed E-state index contributed by atoms with van der Waals surface area (Å²) in [5, 5.41) is 3.34. The number of aromatic nitrogens is 2. The first-order chi connectivity index (χ1) is 14.1. The second-order valence-electron chi connectivity index (χ2n) is 6.78. The van der Waals surface area contributed by atoms with Gasteiger partial charge in [0.1, 0.15) is 11.5 Å². The maximum atomic E-state index is 12.8. The average Bonchev–Trinajstić information content (AvgIpc) is 2.76. The number of hydrogen-bond donors (Lipinski definition) is 1. The van der Waals surface area contributed by atoms with Gasteiger partial charge in [0.05, 0.1) is 19.0 Å². The van der Waals surface area contributed by atoms with E-state index < -0.39 is 0 Å². The molecule has 2 aromatic rings. The van der Waals surface area contributed by atoms with Gasteiger partial charge in [0.15, 0.2) is 0 Å². The first-order valence-corrected chi connectivity index (χ1v) is 9.99. The Morgan fingerprint density at radius 2 is 1.86 bits per heavy atom. The molecule has 1 N–H and O–H groups in total. The number of rotatable bonds is 6. The van der Waals surface area contributed by atoms with Crippen LogP contribution < -0.4 is 10.2 Å². The minimum atomic E-state index is -0.257. The van der Waals surface area contributed by atoms with Crippen LogP contribution in [0.1, 0.15) is 37.2 Å². The Kier molecular flexibility index (Phi) is 6.99. The molecule has 1 fully saturated rings. The largest absolute Gasteiger partial charge is 0.450 e. The van der Waals surface area contributed by atoms with E-state index in [-0.39, 0.29) is 18.0 Å². The number of carbonyl (C=O) groups is 2. The summed E-state index contributed by atoms with van der Waals surface area (Å²) in [7, 11) is 0. The van der Waals surface area contributed by atoms with Gasteiger partial charge in [-0.05, 0) is 38.8 Å². The quantitative estimate of drug-likeness (QED) is 0.806. The number of para-hydroxylation sites is 1. The molecule has 0 radical (unpaired) electrons. The van der Waals surface area contributed by atoms with E-state index in [0.29, 0.717) is 37.8 Å². The number of amides is 2. The fourth-order valence-corrected chi connectivity index (χ4v) is 3.33. The van der Waals surface area contributed by atoms with Crippen LogP contribution in [-0.2, 0) is 4.74 Å². The standard InChI is InChI=1S/C21H27N5O3/c1-3-26(17-8-6-5-7-9-17)20(27)18-14-23-19(15-22-18)24-16-10-12-25(13-11-16)21(28)29-4-2/h5-9,14-16H,3-4,10-13H2,1-2H3,(H,23,24). The lowest BCUT2D eigenvalue weighted by Crippen LogP contribution is -2.42. The number of ether oxygens (including phenoxy) is 1. The molecule has 1 aromatic heterocycles. The molecule has 0 spiro atoms. The molecule has 0 bridgehead atoms. The Morgan fingerprint density at radius 3 is 2.45 bits per heavy atom. The number of benzene rings is 1. The van der Waals surface area contributed by atoms with E-state index in [1.807, 2.05) is 37.3 Å². The summed E-state index contributed by atoms with van der Waals surface area (Å²) >= 11 is 0. The SMILES string of the molecule is CCOC(=O)N1CCC(Nc2cnc(C(=O)N(CC)c3ccccc3)cn2)CC1. The number of piperidine rings is 1. The Labute approximate surface area is 170 Å². The predicted molar refractivity (Wildman–Crippen MR) is 111 cm³/mol. The van der Waals surface area contributed by atoms with Crippen molar-refractivity contribution in [2.24, 2.45) is 0 Å². The molecule has 29 heavy (non-hydrogen) atoms. The van der Waals surface area contributed by atoms with Crippen molar-refractivity contribution in [3.05, 3.63) is 48.4 Å². The zero-order chi connectivity index (χ0) is 20.6. The van der Waals surface area contributed by atoms with Crippen LogP contribution in [0.2, 0.25) is 0 Å². The highest BCUT2D eigenvalue weighted by Crippen LogP contribution is 2.18. The van der Waals surface area contributed by atoms with Gasteiger partial charge < -0.3 is 19.9 Å². The molecule has 1 saturated heterocycles. The molecule has 2 amide bonds. The smallest absolute Gasteiger partial charge is 0.409 e. The maximum Gasteiger partial charge on any atom is 0.409 e. The Bertz CT molecular complexity index is 805. The van der Waals surface area contributed by atoms with E-state index in [2.05, 4.69) is 15.3 Å². The van der Waals surface area contributed by atoms with Crippen LogP contribution in [0.4, 0.5) is 16.3 Å². The van der Waals surface area contributed by atoms with Gasteiger partial charge in [-0.1, -0.05) is 18.2 Å². The van der Waals surface area contributed by atoms with Gasteiger partial charge in [0, 0.05) is 31.4 Å². The molecule has 0 unspecified atom stereocenters. The highest BCUT2D eigenvalue weighted by atomic mass is 16.6. The normalized spacial score (nSPS) is 14.3. The van der Waals surface area contributed by atoms with Crippen LogP contribution in [0.5, 0.6) is 0 Å². The fraction of sp³-hybridized carbons (Fsp3) is 0.429. The fourth-order valence-electron chi connectivity index (χ4n) is 3.33. The van der Waals surface area contributed by atoms with E-state index in [4.69, 9.17) is 4.74 Å². The maximum absolute atomic E-state index is 12.8. The van der Waals surface area contributed by atoms with Gasteiger partial charge >= 0.3 is 6.09 Å². The van der Waals surface area contributed by atoms with E-state index >= 15 is 0 Å². The van der Waals surface area contributed by atoms with E-state index in [1.165, 1.54) is 6.20 Å². The number of nitrogens with one attached hydrogen (secondary N) is 1. The predicted octanol–water partition coefficient (Wildman–Crippen LogP) is 3.18. The molecule has 154 valence electrons. The van der Waals surface area contributed by atoms with E-state index in [9.17, 15) is 9.59 Å². The van der Waals surface area contributed by atoms with E-state index in [0.717, 1.165) is 18.5 Å². The summed E-state index contributed by atoms with van der Waals surface area (Å²) in [5.74, 6) is 0.444. The van der Waals surface area contributed by atoms with Crippen LogP contribution in [-0.4, -0.2) is 59.2 Å². The second kappa shape index (κ2) is 9.86. The Morgan fingerprint density at radius 1 is 1.14 bits per heavy atom. The highest BCUT2D eigenvalue weighted by Gasteiger charge is 2.24. The minimum absolute atomic E-state index is 0.180. The van der Waals surface area contributed by atoms with Crippen LogP contribution in [0.15, 0.2) is 42.7 Å². The molecule has 2 heterocycles. The van der Waals surface area contributed by atoms with Gasteiger partial charge in [0.2, 0.25) is 0 Å². The van der Waals surface area contributed by atoms with Crippen molar-refractivity contribution in [3.8, 4) is 0 Å². The summed E-state index contributed by atoms with van der Waals surface area (Å²) in [5.41, 5.74) is 1.13. The third kappa shape index (κ3) is 5.22. The molecule has 0 saturated carbocycles. The van der Waals surface area contributed by atoms with Crippen LogP contribution in [0.25, 0.3) is 0 Å². The highest BCUT2D eigenvalue weighted by molar-refractivity contribution is 6.04. The number of hydrogen-bond acceptors (Lipinski definition) is 6. The molecule has 1 aromatic carbocycles. The van der Waals surface area contributed by atoms with Crippen molar-refractivity contribution < 1.29 is 14.3 Å². The third-order valence-corrected chi connectivity index (χ3v) is 4.87. The summed E-state index contributed by atoms with van der Waals surface area (Å²) in [4.78, 5) is 36.6. The zero-order valence-electron chi connectivity index (χ0n) is 16.9. The van der Waals surface area contributed by atoms with Crippen molar-refractivity contribution in [2.75, 3.05) is 36.5 Å². The Hall–Kier alpha value is -3.16. The monoisotopic (exact) mass is 397 g/mol. The molecule has 8 nitrogen and oxygen atoms in total.